The topological polar surface area (TPSA) is 66.6 Å². The molecule has 2 amide bonds. The van der Waals surface area contributed by atoms with Gasteiger partial charge in [-0.2, -0.15) is 0 Å². The Hall–Kier alpha value is -1.30. The van der Waals surface area contributed by atoms with Crippen molar-refractivity contribution >= 4 is 35.0 Å². The molecule has 1 aromatic carbocycles. The smallest absolute Gasteiger partial charge is 0.256 e. The second kappa shape index (κ2) is 7.02. The van der Waals surface area contributed by atoms with Crippen LogP contribution in [0, 0.1) is 11.8 Å². The number of nitrogens with two attached hydrogens (primary N) is 1. The van der Waals surface area contributed by atoms with Gasteiger partial charge in [-0.1, -0.05) is 23.2 Å². The number of carbonyl (C=O) groups excluding carboxylic acids is 2. The van der Waals surface area contributed by atoms with Gasteiger partial charge in [0.15, 0.2) is 0 Å². The first-order chi connectivity index (χ1) is 12.5. The van der Waals surface area contributed by atoms with E-state index in [1.54, 1.807) is 23.1 Å². The van der Waals surface area contributed by atoms with Crippen LogP contribution in [0.1, 0.15) is 36.0 Å². The van der Waals surface area contributed by atoms with Crippen molar-refractivity contribution in [3.05, 3.63) is 33.8 Å². The van der Waals surface area contributed by atoms with E-state index in [0.29, 0.717) is 40.4 Å². The minimum atomic E-state index is -0.410. The molecule has 2 N–H and O–H groups in total. The van der Waals surface area contributed by atoms with Crippen molar-refractivity contribution in [2.75, 3.05) is 19.6 Å². The lowest BCUT2D eigenvalue weighted by Crippen LogP contribution is -2.47. The van der Waals surface area contributed by atoms with Gasteiger partial charge in [0.05, 0.1) is 10.6 Å². The molecule has 26 heavy (non-hydrogen) atoms. The predicted molar refractivity (Wildman–Crippen MR) is 101 cm³/mol. The Bertz CT molecular complexity index is 741. The van der Waals surface area contributed by atoms with Gasteiger partial charge in [0.1, 0.15) is 6.04 Å². The summed E-state index contributed by atoms with van der Waals surface area (Å²) in [4.78, 5) is 29.7. The summed E-state index contributed by atoms with van der Waals surface area (Å²) in [6, 6.07) is 4.63. The van der Waals surface area contributed by atoms with E-state index in [1.165, 1.54) is 0 Å². The van der Waals surface area contributed by atoms with Gasteiger partial charge in [0.25, 0.3) is 5.91 Å². The van der Waals surface area contributed by atoms with Crippen LogP contribution < -0.4 is 5.73 Å². The van der Waals surface area contributed by atoms with Gasteiger partial charge in [0.2, 0.25) is 5.91 Å². The standard InChI is InChI=1S/C19H23Cl2N3O2/c20-12-4-5-15(21)13(8-12)18(25)24-7-1-2-17(24)19(26)23-9-11-3-6-16(22)14(11)10-23/h4-5,8,11,14,16-17H,1-3,6-7,9-10,22H2. The van der Waals surface area contributed by atoms with Crippen molar-refractivity contribution < 1.29 is 9.59 Å². The monoisotopic (exact) mass is 395 g/mol. The number of amides is 2. The van der Waals surface area contributed by atoms with Crippen molar-refractivity contribution in [2.24, 2.45) is 17.6 Å². The molecule has 0 bridgehead atoms. The van der Waals surface area contributed by atoms with Gasteiger partial charge in [-0.3, -0.25) is 9.59 Å². The number of likely N-dealkylation sites (tertiary alicyclic amines) is 2. The summed E-state index contributed by atoms with van der Waals surface area (Å²) < 4.78 is 0. The molecule has 1 aliphatic carbocycles. The molecule has 0 spiro atoms. The zero-order chi connectivity index (χ0) is 18.4. The van der Waals surface area contributed by atoms with Crippen LogP contribution in [0.15, 0.2) is 18.2 Å². The number of nitrogens with zero attached hydrogens (tertiary/aromatic N) is 2. The van der Waals surface area contributed by atoms with Crippen LogP contribution in [0.5, 0.6) is 0 Å². The molecule has 0 radical (unpaired) electrons. The second-order valence-electron chi connectivity index (χ2n) is 7.69. The maximum Gasteiger partial charge on any atom is 0.256 e. The lowest BCUT2D eigenvalue weighted by Gasteiger charge is -2.29. The van der Waals surface area contributed by atoms with E-state index in [4.69, 9.17) is 28.9 Å². The lowest BCUT2D eigenvalue weighted by atomic mass is 9.98. The van der Waals surface area contributed by atoms with Crippen LogP contribution in [0.4, 0.5) is 0 Å². The third-order valence-electron chi connectivity index (χ3n) is 6.18. The molecular formula is C19H23Cl2N3O2. The van der Waals surface area contributed by atoms with Crippen LogP contribution in [-0.4, -0.2) is 53.3 Å². The first kappa shape index (κ1) is 18.1. The average Bonchev–Trinajstić information content (AvgIpc) is 3.33. The van der Waals surface area contributed by atoms with E-state index in [1.807, 2.05) is 4.90 Å². The number of hydrogen-bond acceptors (Lipinski definition) is 3. The van der Waals surface area contributed by atoms with E-state index in [0.717, 1.165) is 32.4 Å². The Labute approximate surface area is 163 Å². The summed E-state index contributed by atoms with van der Waals surface area (Å²) in [5, 5.41) is 0.820. The highest BCUT2D eigenvalue weighted by molar-refractivity contribution is 6.35. The minimum absolute atomic E-state index is 0.0515. The highest BCUT2D eigenvalue weighted by Crippen LogP contribution is 2.38. The Kier molecular flexibility index (Phi) is 4.88. The summed E-state index contributed by atoms with van der Waals surface area (Å²) in [5.41, 5.74) is 6.55. The highest BCUT2D eigenvalue weighted by atomic mass is 35.5. The Balaban J connectivity index is 1.51. The predicted octanol–water partition coefficient (Wildman–Crippen LogP) is 2.79. The fourth-order valence-corrected chi connectivity index (χ4v) is 5.15. The number of halogens is 2. The van der Waals surface area contributed by atoms with Crippen LogP contribution in [-0.2, 0) is 4.79 Å². The molecule has 3 aliphatic rings. The molecule has 4 rings (SSSR count). The van der Waals surface area contributed by atoms with Gasteiger partial charge < -0.3 is 15.5 Å². The first-order valence-electron chi connectivity index (χ1n) is 9.26. The molecule has 4 atom stereocenters. The Morgan fingerprint density at radius 2 is 1.92 bits per heavy atom. The molecular weight excluding hydrogens is 373 g/mol. The molecule has 2 saturated heterocycles. The molecule has 7 heteroatoms. The zero-order valence-corrected chi connectivity index (χ0v) is 16.0. The molecule has 1 aromatic rings. The number of rotatable bonds is 2. The van der Waals surface area contributed by atoms with Crippen molar-refractivity contribution in [3.8, 4) is 0 Å². The van der Waals surface area contributed by atoms with Crippen LogP contribution in [0.3, 0.4) is 0 Å². The van der Waals surface area contributed by atoms with Gasteiger partial charge in [-0.25, -0.2) is 0 Å². The maximum absolute atomic E-state index is 13.1. The maximum atomic E-state index is 13.1. The average molecular weight is 396 g/mol. The van der Waals surface area contributed by atoms with Gasteiger partial charge in [0, 0.05) is 30.7 Å². The fourth-order valence-electron chi connectivity index (χ4n) is 4.78. The van der Waals surface area contributed by atoms with Crippen molar-refractivity contribution in [2.45, 2.75) is 37.8 Å². The number of fused-ring (bicyclic) bond motifs is 1. The molecule has 2 heterocycles. The molecule has 4 unspecified atom stereocenters. The summed E-state index contributed by atoms with van der Waals surface area (Å²) in [5.74, 6) is 0.758. The molecule has 0 aromatic heterocycles. The fraction of sp³-hybridized carbons (Fsp3) is 0.579. The summed E-state index contributed by atoms with van der Waals surface area (Å²) in [6.07, 6.45) is 3.67. The normalized spacial score (nSPS) is 30.7. The van der Waals surface area contributed by atoms with Crippen molar-refractivity contribution in [3.63, 3.8) is 0 Å². The van der Waals surface area contributed by atoms with Crippen LogP contribution in [0.25, 0.3) is 0 Å². The third kappa shape index (κ3) is 3.10. The molecule has 1 saturated carbocycles. The molecule has 2 aliphatic heterocycles. The summed E-state index contributed by atoms with van der Waals surface area (Å²) in [7, 11) is 0. The number of hydrogen-bond donors (Lipinski definition) is 1. The minimum Gasteiger partial charge on any atom is -0.340 e. The largest absolute Gasteiger partial charge is 0.340 e. The Morgan fingerprint density at radius 1 is 1.12 bits per heavy atom. The van der Waals surface area contributed by atoms with E-state index in [-0.39, 0.29) is 17.9 Å². The molecule has 140 valence electrons. The number of benzene rings is 1. The second-order valence-corrected chi connectivity index (χ2v) is 8.53. The molecule has 3 fully saturated rings. The van der Waals surface area contributed by atoms with Gasteiger partial charge >= 0.3 is 0 Å². The lowest BCUT2D eigenvalue weighted by molar-refractivity contribution is -0.134. The van der Waals surface area contributed by atoms with Gasteiger partial charge in [-0.15, -0.1) is 0 Å². The van der Waals surface area contributed by atoms with Crippen molar-refractivity contribution in [1.29, 1.82) is 0 Å². The van der Waals surface area contributed by atoms with E-state index in [2.05, 4.69) is 0 Å². The number of carbonyl (C=O) groups is 2. The first-order valence-corrected chi connectivity index (χ1v) is 10.0. The quantitative estimate of drug-likeness (QED) is 0.836. The van der Waals surface area contributed by atoms with E-state index in [9.17, 15) is 9.59 Å². The van der Waals surface area contributed by atoms with Crippen LogP contribution >= 0.6 is 23.2 Å². The third-order valence-corrected chi connectivity index (χ3v) is 6.75. The van der Waals surface area contributed by atoms with E-state index < -0.39 is 6.04 Å². The van der Waals surface area contributed by atoms with Crippen molar-refractivity contribution in [1.82, 2.24) is 9.80 Å². The van der Waals surface area contributed by atoms with E-state index >= 15 is 0 Å². The van der Waals surface area contributed by atoms with Crippen LogP contribution in [0.2, 0.25) is 10.0 Å². The summed E-state index contributed by atoms with van der Waals surface area (Å²) in [6.45, 7) is 2.06. The summed E-state index contributed by atoms with van der Waals surface area (Å²) >= 11 is 12.2. The Morgan fingerprint density at radius 3 is 2.69 bits per heavy atom. The SMILES string of the molecule is NC1CCC2CN(C(=O)C3CCCN3C(=O)c3cc(Cl)ccc3Cl)CC12. The molecule has 5 nitrogen and oxygen atoms in total. The van der Waals surface area contributed by atoms with Gasteiger partial charge in [-0.05, 0) is 55.7 Å². The zero-order valence-electron chi connectivity index (χ0n) is 14.5. The highest BCUT2D eigenvalue weighted by Gasteiger charge is 2.45.